The summed E-state index contributed by atoms with van der Waals surface area (Å²) in [6, 6.07) is 0. The summed E-state index contributed by atoms with van der Waals surface area (Å²) in [5.74, 6) is 1.09. The minimum absolute atomic E-state index is 0.323. The van der Waals surface area contributed by atoms with E-state index in [0.29, 0.717) is 18.2 Å². The van der Waals surface area contributed by atoms with E-state index < -0.39 is 0 Å². The Bertz CT molecular complexity index is 254. The van der Waals surface area contributed by atoms with Crippen LogP contribution >= 0.6 is 15.9 Å². The van der Waals surface area contributed by atoms with E-state index >= 15 is 0 Å². The summed E-state index contributed by atoms with van der Waals surface area (Å²) >= 11 is 3.23. The van der Waals surface area contributed by atoms with E-state index in [-0.39, 0.29) is 0 Å². The van der Waals surface area contributed by atoms with Crippen molar-refractivity contribution in [2.24, 2.45) is 5.73 Å². The number of aromatic nitrogens is 2. The highest BCUT2D eigenvalue weighted by molar-refractivity contribution is 9.10. The zero-order chi connectivity index (χ0) is 8.27. The summed E-state index contributed by atoms with van der Waals surface area (Å²) in [6.07, 6.45) is 1.62. The van der Waals surface area contributed by atoms with E-state index in [1.807, 2.05) is 0 Å². The second-order valence-electron chi connectivity index (χ2n) is 1.85. The van der Waals surface area contributed by atoms with Crippen LogP contribution in [0.1, 0.15) is 5.82 Å². The highest BCUT2D eigenvalue weighted by atomic mass is 79.9. The van der Waals surface area contributed by atoms with Crippen LogP contribution in [-0.2, 0) is 6.54 Å². The Labute approximate surface area is 72.9 Å². The van der Waals surface area contributed by atoms with Crippen LogP contribution in [0.5, 0.6) is 5.88 Å². The minimum atomic E-state index is 0.323. The van der Waals surface area contributed by atoms with Gasteiger partial charge in [-0.1, -0.05) is 0 Å². The van der Waals surface area contributed by atoms with Crippen molar-refractivity contribution in [3.05, 3.63) is 16.5 Å². The predicted octanol–water partition coefficient (Wildman–Crippen LogP) is 0.706. The first-order valence-electron chi connectivity index (χ1n) is 3.03. The van der Waals surface area contributed by atoms with Gasteiger partial charge in [-0.15, -0.1) is 0 Å². The van der Waals surface area contributed by atoms with Gasteiger partial charge in [-0.3, -0.25) is 0 Å². The molecule has 60 valence electrons. The predicted molar refractivity (Wildman–Crippen MR) is 44.2 cm³/mol. The van der Waals surface area contributed by atoms with Crippen molar-refractivity contribution in [1.82, 2.24) is 9.97 Å². The van der Waals surface area contributed by atoms with Crippen LogP contribution in [0.25, 0.3) is 0 Å². The third-order valence-corrected chi connectivity index (χ3v) is 1.68. The summed E-state index contributed by atoms with van der Waals surface area (Å²) in [7, 11) is 1.55. The van der Waals surface area contributed by atoms with Crippen LogP contribution in [0.15, 0.2) is 10.7 Å². The van der Waals surface area contributed by atoms with Crippen LogP contribution < -0.4 is 10.5 Å². The van der Waals surface area contributed by atoms with Crippen molar-refractivity contribution >= 4 is 15.9 Å². The molecule has 0 spiro atoms. The molecule has 1 aromatic rings. The molecule has 0 fully saturated rings. The Hall–Kier alpha value is -0.680. The molecule has 0 aliphatic carbocycles. The van der Waals surface area contributed by atoms with Crippen molar-refractivity contribution in [3.8, 4) is 5.88 Å². The quantitative estimate of drug-likeness (QED) is 0.793. The summed E-state index contributed by atoms with van der Waals surface area (Å²) in [5, 5.41) is 0. The fraction of sp³-hybridized carbons (Fsp3) is 0.333. The Morgan fingerprint density at radius 2 is 2.45 bits per heavy atom. The van der Waals surface area contributed by atoms with Gasteiger partial charge in [0.15, 0.2) is 0 Å². The topological polar surface area (TPSA) is 61.0 Å². The van der Waals surface area contributed by atoms with Crippen LogP contribution in [0.2, 0.25) is 0 Å². The number of hydrogen-bond acceptors (Lipinski definition) is 4. The second-order valence-corrected chi connectivity index (χ2v) is 2.70. The maximum Gasteiger partial charge on any atom is 0.231 e. The standard InChI is InChI=1S/C6H8BrN3O/c1-11-6-4(7)3-9-5(2-8)10-6/h3H,2,8H2,1H3. The summed E-state index contributed by atoms with van der Waals surface area (Å²) < 4.78 is 5.67. The molecule has 0 saturated heterocycles. The number of hydrogen-bond donors (Lipinski definition) is 1. The van der Waals surface area contributed by atoms with E-state index in [0.717, 1.165) is 4.47 Å². The number of halogens is 1. The zero-order valence-corrected chi connectivity index (χ0v) is 7.63. The lowest BCUT2D eigenvalue weighted by molar-refractivity contribution is 0.391. The fourth-order valence-corrected chi connectivity index (χ4v) is 0.980. The van der Waals surface area contributed by atoms with Gasteiger partial charge in [-0.05, 0) is 15.9 Å². The number of nitrogens with zero attached hydrogens (tertiary/aromatic N) is 2. The summed E-state index contributed by atoms with van der Waals surface area (Å²) in [5.41, 5.74) is 5.33. The average Bonchev–Trinajstić information content (AvgIpc) is 2.05. The third-order valence-electron chi connectivity index (χ3n) is 1.14. The molecule has 1 aromatic heterocycles. The monoisotopic (exact) mass is 217 g/mol. The van der Waals surface area contributed by atoms with Crippen LogP contribution in [0.3, 0.4) is 0 Å². The fourth-order valence-electron chi connectivity index (χ4n) is 0.627. The number of methoxy groups -OCH3 is 1. The minimum Gasteiger partial charge on any atom is -0.480 e. The SMILES string of the molecule is COc1nc(CN)ncc1Br. The first-order chi connectivity index (χ1) is 5.27. The molecule has 0 radical (unpaired) electrons. The number of nitrogens with two attached hydrogens (primary N) is 1. The van der Waals surface area contributed by atoms with E-state index in [2.05, 4.69) is 25.9 Å². The second kappa shape index (κ2) is 3.64. The van der Waals surface area contributed by atoms with Gasteiger partial charge >= 0.3 is 0 Å². The largest absolute Gasteiger partial charge is 0.480 e. The zero-order valence-electron chi connectivity index (χ0n) is 6.04. The maximum atomic E-state index is 5.33. The molecular formula is C6H8BrN3O. The molecule has 0 bridgehead atoms. The van der Waals surface area contributed by atoms with Gasteiger partial charge in [-0.2, -0.15) is 4.98 Å². The van der Waals surface area contributed by atoms with Crippen molar-refractivity contribution < 1.29 is 4.74 Å². The highest BCUT2D eigenvalue weighted by Crippen LogP contribution is 2.19. The molecular weight excluding hydrogens is 210 g/mol. The molecule has 2 N–H and O–H groups in total. The Morgan fingerprint density at radius 1 is 1.73 bits per heavy atom. The molecule has 0 aliphatic rings. The Kier molecular flexibility index (Phi) is 2.78. The molecule has 4 nitrogen and oxygen atoms in total. The maximum absolute atomic E-state index is 5.33. The van der Waals surface area contributed by atoms with Crippen molar-refractivity contribution in [2.75, 3.05) is 7.11 Å². The van der Waals surface area contributed by atoms with E-state index in [9.17, 15) is 0 Å². The lowest BCUT2D eigenvalue weighted by atomic mass is 10.5. The van der Waals surface area contributed by atoms with Gasteiger partial charge < -0.3 is 10.5 Å². The summed E-state index contributed by atoms with van der Waals surface area (Å²) in [6.45, 7) is 0.323. The molecule has 0 saturated carbocycles. The molecule has 0 aliphatic heterocycles. The molecule has 1 rings (SSSR count). The van der Waals surface area contributed by atoms with Gasteiger partial charge in [0.2, 0.25) is 5.88 Å². The molecule has 5 heteroatoms. The van der Waals surface area contributed by atoms with Crippen molar-refractivity contribution in [2.45, 2.75) is 6.54 Å². The first kappa shape index (κ1) is 8.42. The molecule has 0 unspecified atom stereocenters. The van der Waals surface area contributed by atoms with Gasteiger partial charge in [0, 0.05) is 6.20 Å². The highest BCUT2D eigenvalue weighted by Gasteiger charge is 2.02. The third kappa shape index (κ3) is 1.87. The van der Waals surface area contributed by atoms with E-state index in [1.165, 1.54) is 0 Å². The van der Waals surface area contributed by atoms with Crippen LogP contribution in [0.4, 0.5) is 0 Å². The van der Waals surface area contributed by atoms with Crippen molar-refractivity contribution in [3.63, 3.8) is 0 Å². The van der Waals surface area contributed by atoms with Gasteiger partial charge in [0.1, 0.15) is 5.82 Å². The Morgan fingerprint density at radius 3 is 3.00 bits per heavy atom. The molecule has 0 atom stereocenters. The molecule has 0 aromatic carbocycles. The average molecular weight is 218 g/mol. The van der Waals surface area contributed by atoms with Crippen molar-refractivity contribution in [1.29, 1.82) is 0 Å². The smallest absolute Gasteiger partial charge is 0.231 e. The normalized spacial score (nSPS) is 9.73. The number of rotatable bonds is 2. The van der Waals surface area contributed by atoms with Gasteiger partial charge in [0.25, 0.3) is 0 Å². The first-order valence-corrected chi connectivity index (χ1v) is 3.82. The van der Waals surface area contributed by atoms with Gasteiger partial charge in [0.05, 0.1) is 18.1 Å². The lowest BCUT2D eigenvalue weighted by Crippen LogP contribution is -2.03. The molecule has 1 heterocycles. The molecule has 0 amide bonds. The lowest BCUT2D eigenvalue weighted by Gasteiger charge is -2.01. The molecule has 11 heavy (non-hydrogen) atoms. The summed E-state index contributed by atoms with van der Waals surface area (Å²) in [4.78, 5) is 7.95. The van der Waals surface area contributed by atoms with E-state index in [4.69, 9.17) is 10.5 Å². The Balaban J connectivity index is 3.02. The van der Waals surface area contributed by atoms with Crippen LogP contribution in [0, 0.1) is 0 Å². The number of ether oxygens (including phenoxy) is 1. The van der Waals surface area contributed by atoms with Gasteiger partial charge in [-0.25, -0.2) is 4.98 Å². The van der Waals surface area contributed by atoms with E-state index in [1.54, 1.807) is 13.3 Å². The van der Waals surface area contributed by atoms with Crippen LogP contribution in [-0.4, -0.2) is 17.1 Å².